The van der Waals surface area contributed by atoms with E-state index in [0.717, 1.165) is 70.6 Å². The Morgan fingerprint density at radius 1 is 0.914 bits per heavy atom. The number of imide groups is 1. The molecule has 3 fully saturated rings. The van der Waals surface area contributed by atoms with E-state index in [-0.39, 0.29) is 29.8 Å². The van der Waals surface area contributed by atoms with Crippen LogP contribution >= 0.6 is 0 Å². The van der Waals surface area contributed by atoms with Gasteiger partial charge in [0.1, 0.15) is 5.82 Å². The Kier molecular flexibility index (Phi) is 9.95. The average molecular weight is 485 g/mol. The van der Waals surface area contributed by atoms with E-state index in [1.165, 1.54) is 32.1 Å². The Hall–Kier alpha value is -1.99. The summed E-state index contributed by atoms with van der Waals surface area (Å²) in [7, 11) is 0. The van der Waals surface area contributed by atoms with Gasteiger partial charge in [-0.05, 0) is 31.4 Å². The monoisotopic (exact) mass is 484 g/mol. The van der Waals surface area contributed by atoms with Crippen molar-refractivity contribution >= 4 is 17.6 Å². The number of pyridine rings is 1. The second kappa shape index (κ2) is 13.4. The summed E-state index contributed by atoms with van der Waals surface area (Å²) in [5.74, 6) is 0.953. The molecule has 0 aromatic carbocycles. The molecule has 1 aliphatic carbocycles. The number of hydrogen-bond acceptors (Lipinski definition) is 6. The molecule has 2 amide bonds. The first-order chi connectivity index (χ1) is 17.2. The largest absolute Gasteiger partial charge is 0.375 e. The van der Waals surface area contributed by atoms with Gasteiger partial charge in [0.2, 0.25) is 11.8 Å². The summed E-state index contributed by atoms with van der Waals surface area (Å²) < 4.78 is 6.36. The second-order valence-electron chi connectivity index (χ2n) is 10.5. The SMILES string of the molecule is CCCCCCCCOC(CN1CCN(c2ccccn2)CC1)CN1C(=O)C2CCCCC2C1=O. The van der Waals surface area contributed by atoms with Gasteiger partial charge in [-0.15, -0.1) is 0 Å². The van der Waals surface area contributed by atoms with E-state index < -0.39 is 0 Å². The molecule has 0 bridgehead atoms. The van der Waals surface area contributed by atoms with Crippen molar-refractivity contribution in [1.29, 1.82) is 0 Å². The highest BCUT2D eigenvalue weighted by Crippen LogP contribution is 2.38. The van der Waals surface area contributed by atoms with Crippen molar-refractivity contribution < 1.29 is 14.3 Å². The van der Waals surface area contributed by atoms with Gasteiger partial charge in [0.25, 0.3) is 0 Å². The van der Waals surface area contributed by atoms with E-state index in [1.807, 2.05) is 18.3 Å². The van der Waals surface area contributed by atoms with Crippen LogP contribution in [-0.4, -0.2) is 78.6 Å². The van der Waals surface area contributed by atoms with Crippen molar-refractivity contribution in [3.8, 4) is 0 Å². The number of fused-ring (bicyclic) bond motifs is 1. The Labute approximate surface area is 211 Å². The summed E-state index contributed by atoms with van der Waals surface area (Å²) in [6.45, 7) is 7.81. The lowest BCUT2D eigenvalue weighted by atomic mass is 9.81. The zero-order valence-electron chi connectivity index (χ0n) is 21.6. The van der Waals surface area contributed by atoms with Crippen molar-refractivity contribution in [1.82, 2.24) is 14.8 Å². The van der Waals surface area contributed by atoms with Gasteiger partial charge in [0.05, 0.1) is 24.5 Å². The number of aromatic nitrogens is 1. The number of anilines is 1. The molecular formula is C28H44N4O3. The molecule has 3 heterocycles. The number of rotatable bonds is 13. The summed E-state index contributed by atoms with van der Waals surface area (Å²) in [5, 5.41) is 0. The van der Waals surface area contributed by atoms with Crippen LogP contribution in [0.2, 0.25) is 0 Å². The minimum atomic E-state index is -0.125. The molecule has 1 saturated carbocycles. The average Bonchev–Trinajstić information content (AvgIpc) is 3.14. The number of carbonyl (C=O) groups excluding carboxylic acids is 2. The maximum absolute atomic E-state index is 13.1. The summed E-state index contributed by atoms with van der Waals surface area (Å²) in [6, 6.07) is 6.04. The molecule has 3 unspecified atom stereocenters. The minimum absolute atomic E-state index is 0.0489. The molecule has 7 nitrogen and oxygen atoms in total. The lowest BCUT2D eigenvalue weighted by molar-refractivity contribution is -0.142. The molecule has 3 atom stereocenters. The molecule has 194 valence electrons. The lowest BCUT2D eigenvalue weighted by Crippen LogP contribution is -2.51. The summed E-state index contributed by atoms with van der Waals surface area (Å²) in [6.07, 6.45) is 12.9. The van der Waals surface area contributed by atoms with Gasteiger partial charge in [0, 0.05) is 45.5 Å². The van der Waals surface area contributed by atoms with Gasteiger partial charge in [-0.1, -0.05) is 57.9 Å². The molecule has 7 heteroatoms. The first-order valence-electron chi connectivity index (χ1n) is 14.0. The summed E-state index contributed by atoms with van der Waals surface area (Å²) in [5.41, 5.74) is 0. The van der Waals surface area contributed by atoms with E-state index in [1.54, 1.807) is 4.90 Å². The number of nitrogens with zero attached hydrogens (tertiary/aromatic N) is 4. The van der Waals surface area contributed by atoms with Crippen LogP contribution < -0.4 is 4.90 Å². The number of ether oxygens (including phenoxy) is 1. The summed E-state index contributed by atoms with van der Waals surface area (Å²) >= 11 is 0. The van der Waals surface area contributed by atoms with Crippen LogP contribution in [-0.2, 0) is 14.3 Å². The highest BCUT2D eigenvalue weighted by Gasteiger charge is 2.48. The maximum atomic E-state index is 13.1. The number of unbranched alkanes of at least 4 members (excludes halogenated alkanes) is 5. The van der Waals surface area contributed by atoms with E-state index in [9.17, 15) is 9.59 Å². The van der Waals surface area contributed by atoms with Crippen LogP contribution in [0.25, 0.3) is 0 Å². The van der Waals surface area contributed by atoms with Crippen LogP contribution in [0.1, 0.15) is 71.1 Å². The lowest BCUT2D eigenvalue weighted by Gasteiger charge is -2.37. The molecule has 4 rings (SSSR count). The smallest absolute Gasteiger partial charge is 0.233 e. The topological polar surface area (TPSA) is 66.0 Å². The van der Waals surface area contributed by atoms with Crippen molar-refractivity contribution in [2.24, 2.45) is 11.8 Å². The van der Waals surface area contributed by atoms with Crippen LogP contribution in [0, 0.1) is 11.8 Å². The van der Waals surface area contributed by atoms with Gasteiger partial charge in [-0.3, -0.25) is 19.4 Å². The van der Waals surface area contributed by atoms with Crippen LogP contribution in [0.5, 0.6) is 0 Å². The normalized spacial score (nSPS) is 24.1. The van der Waals surface area contributed by atoms with Crippen molar-refractivity contribution in [2.45, 2.75) is 77.2 Å². The number of carbonyl (C=O) groups is 2. The third-order valence-corrected chi connectivity index (χ3v) is 7.98. The number of amides is 2. The molecule has 0 radical (unpaired) electrons. The third-order valence-electron chi connectivity index (χ3n) is 7.98. The fourth-order valence-corrected chi connectivity index (χ4v) is 5.90. The van der Waals surface area contributed by atoms with Crippen LogP contribution in [0.4, 0.5) is 5.82 Å². The van der Waals surface area contributed by atoms with E-state index >= 15 is 0 Å². The third kappa shape index (κ3) is 7.04. The van der Waals surface area contributed by atoms with Gasteiger partial charge in [-0.2, -0.15) is 0 Å². The fraction of sp³-hybridized carbons (Fsp3) is 0.750. The predicted molar refractivity (Wildman–Crippen MR) is 138 cm³/mol. The van der Waals surface area contributed by atoms with Gasteiger partial charge in [-0.25, -0.2) is 4.98 Å². The number of piperazine rings is 1. The number of likely N-dealkylation sites (tertiary alicyclic amines) is 1. The molecule has 3 aliphatic rings. The zero-order valence-corrected chi connectivity index (χ0v) is 21.6. The highest BCUT2D eigenvalue weighted by atomic mass is 16.5. The molecule has 1 aromatic heterocycles. The first-order valence-corrected chi connectivity index (χ1v) is 14.0. The maximum Gasteiger partial charge on any atom is 0.233 e. The first kappa shape index (κ1) is 26.1. The molecule has 1 aromatic rings. The van der Waals surface area contributed by atoms with E-state index in [4.69, 9.17) is 4.74 Å². The molecule has 0 spiro atoms. The van der Waals surface area contributed by atoms with Crippen molar-refractivity contribution in [3.63, 3.8) is 0 Å². The molecular weight excluding hydrogens is 440 g/mol. The van der Waals surface area contributed by atoms with Crippen LogP contribution in [0.3, 0.4) is 0 Å². The molecule has 35 heavy (non-hydrogen) atoms. The minimum Gasteiger partial charge on any atom is -0.375 e. The standard InChI is InChI=1S/C28H44N4O3/c1-2-3-4-5-6-11-20-35-23(22-32-27(33)24-12-7-8-13-25(24)28(32)34)21-30-16-18-31(19-17-30)26-14-9-10-15-29-26/h9-10,14-15,23-25H,2-8,11-13,16-22H2,1H3. The van der Waals surface area contributed by atoms with Crippen molar-refractivity contribution in [2.75, 3.05) is 50.8 Å². The fourth-order valence-electron chi connectivity index (χ4n) is 5.90. The zero-order chi connectivity index (χ0) is 24.5. The van der Waals surface area contributed by atoms with Gasteiger partial charge < -0.3 is 9.64 Å². The van der Waals surface area contributed by atoms with Gasteiger partial charge >= 0.3 is 0 Å². The quantitative estimate of drug-likeness (QED) is 0.310. The Balaban J connectivity index is 1.31. The summed E-state index contributed by atoms with van der Waals surface area (Å²) in [4.78, 5) is 36.9. The van der Waals surface area contributed by atoms with Crippen molar-refractivity contribution in [3.05, 3.63) is 24.4 Å². The molecule has 2 aliphatic heterocycles. The highest BCUT2D eigenvalue weighted by molar-refractivity contribution is 6.05. The molecule has 2 saturated heterocycles. The van der Waals surface area contributed by atoms with E-state index in [0.29, 0.717) is 13.2 Å². The number of hydrogen-bond donors (Lipinski definition) is 0. The predicted octanol–water partition coefficient (Wildman–Crippen LogP) is 4.12. The van der Waals surface area contributed by atoms with Gasteiger partial charge in [0.15, 0.2) is 0 Å². The van der Waals surface area contributed by atoms with Crippen LogP contribution in [0.15, 0.2) is 24.4 Å². The van der Waals surface area contributed by atoms with E-state index in [2.05, 4.69) is 27.8 Å². The Morgan fingerprint density at radius 2 is 1.60 bits per heavy atom. The Morgan fingerprint density at radius 3 is 2.26 bits per heavy atom. The Bertz CT molecular complexity index is 773. The second-order valence-corrected chi connectivity index (χ2v) is 10.5. The molecule has 0 N–H and O–H groups in total.